The van der Waals surface area contributed by atoms with Crippen LogP contribution in [0, 0.1) is 0 Å². The molecule has 1 aromatic heterocycles. The molecule has 5 heteroatoms. The number of fused-ring (bicyclic) bond motifs is 1. The second-order valence-corrected chi connectivity index (χ2v) is 5.85. The van der Waals surface area contributed by atoms with E-state index in [9.17, 15) is 4.79 Å². The van der Waals surface area contributed by atoms with E-state index < -0.39 is 0 Å². The zero-order valence-electron chi connectivity index (χ0n) is 11.1. The summed E-state index contributed by atoms with van der Waals surface area (Å²) in [6, 6.07) is 0. The van der Waals surface area contributed by atoms with Crippen LogP contribution in [-0.4, -0.2) is 44.5 Å². The van der Waals surface area contributed by atoms with Gasteiger partial charge in [0.25, 0.3) is 5.91 Å². The Labute approximate surface area is 112 Å². The minimum atomic E-state index is 0.0909. The molecule has 0 atom stereocenters. The summed E-state index contributed by atoms with van der Waals surface area (Å²) in [5.74, 6) is 0.0909. The lowest BCUT2D eigenvalue weighted by Gasteiger charge is -2.14. The Bertz CT molecular complexity index is 414. The van der Waals surface area contributed by atoms with Crippen molar-refractivity contribution in [3.05, 3.63) is 21.4 Å². The first kappa shape index (κ1) is 13.5. The van der Waals surface area contributed by atoms with Gasteiger partial charge in [-0.25, -0.2) is 0 Å². The number of hydrogen-bond donors (Lipinski definition) is 2. The maximum Gasteiger partial charge on any atom is 0.252 e. The summed E-state index contributed by atoms with van der Waals surface area (Å²) in [5, 5.41) is 8.34. The van der Waals surface area contributed by atoms with Gasteiger partial charge >= 0.3 is 0 Å². The Kier molecular flexibility index (Phi) is 4.74. The van der Waals surface area contributed by atoms with Crippen LogP contribution in [0.4, 0.5) is 0 Å². The number of nitrogens with zero attached hydrogens (tertiary/aromatic N) is 1. The molecule has 18 heavy (non-hydrogen) atoms. The Morgan fingerprint density at radius 2 is 2.39 bits per heavy atom. The minimum Gasteiger partial charge on any atom is -0.352 e. The van der Waals surface area contributed by atoms with Crippen molar-refractivity contribution in [1.82, 2.24) is 15.5 Å². The van der Waals surface area contributed by atoms with E-state index in [1.807, 2.05) is 19.5 Å². The lowest BCUT2D eigenvalue weighted by atomic mass is 10.0. The largest absolute Gasteiger partial charge is 0.352 e. The quantitative estimate of drug-likeness (QED) is 0.785. The van der Waals surface area contributed by atoms with Gasteiger partial charge in [-0.1, -0.05) is 0 Å². The molecule has 0 bridgehead atoms. The van der Waals surface area contributed by atoms with Gasteiger partial charge in [0.15, 0.2) is 0 Å². The SMILES string of the molecule is CN(C)CCCNC(=O)c1csc2c1CCNC2. The molecule has 1 amide bonds. The lowest BCUT2D eigenvalue weighted by Crippen LogP contribution is -2.29. The number of hydrogen-bond acceptors (Lipinski definition) is 4. The van der Waals surface area contributed by atoms with Gasteiger partial charge in [0.2, 0.25) is 0 Å². The van der Waals surface area contributed by atoms with Crippen molar-refractivity contribution in [2.45, 2.75) is 19.4 Å². The monoisotopic (exact) mass is 267 g/mol. The zero-order valence-corrected chi connectivity index (χ0v) is 11.9. The van der Waals surface area contributed by atoms with Crippen molar-refractivity contribution in [3.63, 3.8) is 0 Å². The van der Waals surface area contributed by atoms with Gasteiger partial charge in [-0.05, 0) is 45.6 Å². The van der Waals surface area contributed by atoms with Crippen LogP contribution < -0.4 is 10.6 Å². The molecular weight excluding hydrogens is 246 g/mol. The Hall–Kier alpha value is -0.910. The van der Waals surface area contributed by atoms with Crippen LogP contribution >= 0.6 is 11.3 Å². The third-order valence-corrected chi connectivity index (χ3v) is 4.16. The fourth-order valence-electron chi connectivity index (χ4n) is 2.14. The molecular formula is C13H21N3OS. The molecule has 4 nitrogen and oxygen atoms in total. The molecule has 0 saturated heterocycles. The van der Waals surface area contributed by atoms with Crippen LogP contribution in [0.25, 0.3) is 0 Å². The summed E-state index contributed by atoms with van der Waals surface area (Å²) in [7, 11) is 4.09. The number of rotatable bonds is 5. The first-order valence-corrected chi connectivity index (χ1v) is 7.29. The van der Waals surface area contributed by atoms with Crippen molar-refractivity contribution < 1.29 is 4.79 Å². The fourth-order valence-corrected chi connectivity index (χ4v) is 3.19. The van der Waals surface area contributed by atoms with Crippen LogP contribution in [0.1, 0.15) is 27.2 Å². The second-order valence-electron chi connectivity index (χ2n) is 4.89. The maximum atomic E-state index is 12.1. The molecule has 0 saturated carbocycles. The topological polar surface area (TPSA) is 44.4 Å². The maximum absolute atomic E-state index is 12.1. The van der Waals surface area contributed by atoms with E-state index in [0.29, 0.717) is 0 Å². The van der Waals surface area contributed by atoms with Crippen LogP contribution in [0.5, 0.6) is 0 Å². The molecule has 1 aliphatic heterocycles. The smallest absolute Gasteiger partial charge is 0.252 e. The highest BCUT2D eigenvalue weighted by Gasteiger charge is 2.19. The van der Waals surface area contributed by atoms with Gasteiger partial charge in [0.1, 0.15) is 0 Å². The molecule has 0 radical (unpaired) electrons. The first-order valence-electron chi connectivity index (χ1n) is 6.41. The molecule has 2 heterocycles. The van der Waals surface area contributed by atoms with Gasteiger partial charge in [-0.15, -0.1) is 11.3 Å². The van der Waals surface area contributed by atoms with E-state index in [-0.39, 0.29) is 5.91 Å². The van der Waals surface area contributed by atoms with Crippen LogP contribution in [0.15, 0.2) is 5.38 Å². The third-order valence-electron chi connectivity index (χ3n) is 3.13. The van der Waals surface area contributed by atoms with E-state index in [4.69, 9.17) is 0 Å². The fraction of sp³-hybridized carbons (Fsp3) is 0.615. The lowest BCUT2D eigenvalue weighted by molar-refractivity contribution is 0.0951. The molecule has 1 aliphatic rings. The third kappa shape index (κ3) is 3.31. The highest BCUT2D eigenvalue weighted by Crippen LogP contribution is 2.25. The van der Waals surface area contributed by atoms with Gasteiger partial charge < -0.3 is 15.5 Å². The van der Waals surface area contributed by atoms with Crippen molar-refractivity contribution in [1.29, 1.82) is 0 Å². The summed E-state index contributed by atoms with van der Waals surface area (Å²) >= 11 is 1.69. The van der Waals surface area contributed by atoms with E-state index in [0.717, 1.165) is 44.6 Å². The zero-order chi connectivity index (χ0) is 13.0. The molecule has 100 valence electrons. The van der Waals surface area contributed by atoms with Gasteiger partial charge in [-0.2, -0.15) is 0 Å². The molecule has 0 aliphatic carbocycles. The molecule has 2 rings (SSSR count). The number of carbonyl (C=O) groups excluding carboxylic acids is 1. The molecule has 0 fully saturated rings. The average molecular weight is 267 g/mol. The van der Waals surface area contributed by atoms with Crippen LogP contribution in [0.3, 0.4) is 0 Å². The van der Waals surface area contributed by atoms with Gasteiger partial charge in [0, 0.05) is 23.3 Å². The van der Waals surface area contributed by atoms with E-state index in [2.05, 4.69) is 15.5 Å². The van der Waals surface area contributed by atoms with Crippen molar-refractivity contribution in [2.24, 2.45) is 0 Å². The first-order chi connectivity index (χ1) is 8.68. The molecule has 0 unspecified atom stereocenters. The van der Waals surface area contributed by atoms with E-state index in [1.165, 1.54) is 10.4 Å². The molecule has 0 aromatic carbocycles. The van der Waals surface area contributed by atoms with Gasteiger partial charge in [-0.3, -0.25) is 4.79 Å². The van der Waals surface area contributed by atoms with Gasteiger partial charge in [0.05, 0.1) is 5.56 Å². The summed E-state index contributed by atoms with van der Waals surface area (Å²) in [5.41, 5.74) is 2.14. The molecule has 2 N–H and O–H groups in total. The minimum absolute atomic E-state index is 0.0909. The van der Waals surface area contributed by atoms with Crippen molar-refractivity contribution >= 4 is 17.2 Å². The summed E-state index contributed by atoms with van der Waals surface area (Å²) in [6.45, 7) is 3.64. The van der Waals surface area contributed by atoms with Crippen LogP contribution in [0.2, 0.25) is 0 Å². The Morgan fingerprint density at radius 1 is 1.56 bits per heavy atom. The normalized spacial score (nSPS) is 14.6. The molecule has 1 aromatic rings. The standard InChI is InChI=1S/C13H21N3OS/c1-16(2)7-3-5-15-13(17)11-9-18-12-8-14-6-4-10(11)12/h9,14H,3-8H2,1-2H3,(H,15,17). The average Bonchev–Trinajstić information content (AvgIpc) is 2.78. The predicted octanol–water partition coefficient (Wildman–Crippen LogP) is 1.08. The van der Waals surface area contributed by atoms with E-state index in [1.54, 1.807) is 11.3 Å². The number of thiophene rings is 1. The van der Waals surface area contributed by atoms with Crippen LogP contribution in [-0.2, 0) is 13.0 Å². The second kappa shape index (κ2) is 6.31. The molecule has 0 spiro atoms. The Morgan fingerprint density at radius 3 is 3.17 bits per heavy atom. The summed E-state index contributed by atoms with van der Waals surface area (Å²) in [4.78, 5) is 15.5. The van der Waals surface area contributed by atoms with Crippen molar-refractivity contribution in [3.8, 4) is 0 Å². The number of amides is 1. The summed E-state index contributed by atoms with van der Waals surface area (Å²) < 4.78 is 0. The predicted molar refractivity (Wildman–Crippen MR) is 75.2 cm³/mol. The van der Waals surface area contributed by atoms with Crippen molar-refractivity contribution in [2.75, 3.05) is 33.7 Å². The highest BCUT2D eigenvalue weighted by molar-refractivity contribution is 7.10. The number of nitrogens with one attached hydrogen (secondary N) is 2. The highest BCUT2D eigenvalue weighted by atomic mass is 32.1. The summed E-state index contributed by atoms with van der Waals surface area (Å²) in [6.07, 6.45) is 1.96. The Balaban J connectivity index is 1.87. The van der Waals surface area contributed by atoms with E-state index >= 15 is 0 Å². The number of carbonyl (C=O) groups is 1.